The maximum Gasteiger partial charge on any atom is 0.286 e. The second kappa shape index (κ2) is 7.45. The Morgan fingerprint density at radius 3 is 2.69 bits per heavy atom. The van der Waals surface area contributed by atoms with Crippen LogP contribution >= 0.6 is 11.6 Å². The highest BCUT2D eigenvalue weighted by Crippen LogP contribution is 2.20. The zero-order valence-electron chi connectivity index (χ0n) is 13.7. The lowest BCUT2D eigenvalue weighted by atomic mass is 10.2. The number of hydrogen-bond acceptors (Lipinski definition) is 3. The van der Waals surface area contributed by atoms with Gasteiger partial charge >= 0.3 is 0 Å². The molecule has 2 aromatic carbocycles. The number of para-hydroxylation sites is 1. The van der Waals surface area contributed by atoms with Crippen molar-refractivity contribution in [2.45, 2.75) is 13.0 Å². The number of nitrogens with one attached hydrogen (secondary N) is 3. The smallest absolute Gasteiger partial charge is 0.286 e. The predicted octanol–water partition coefficient (Wildman–Crippen LogP) is 3.19. The zero-order chi connectivity index (χ0) is 18.7. The summed E-state index contributed by atoms with van der Waals surface area (Å²) >= 11 is 5.91. The molecule has 3 rings (SSSR count). The molecule has 0 unspecified atom stereocenters. The van der Waals surface area contributed by atoms with Gasteiger partial charge in [-0.15, -0.1) is 0 Å². The van der Waals surface area contributed by atoms with E-state index < -0.39 is 23.7 Å². The van der Waals surface area contributed by atoms with Crippen LogP contribution in [0.2, 0.25) is 5.02 Å². The molecule has 8 heteroatoms. The second-order valence-electron chi connectivity index (χ2n) is 5.55. The van der Waals surface area contributed by atoms with Gasteiger partial charge in [0.05, 0.1) is 0 Å². The number of hydrogen-bond donors (Lipinski definition) is 3. The van der Waals surface area contributed by atoms with Crippen molar-refractivity contribution in [2.24, 2.45) is 0 Å². The second-order valence-corrected chi connectivity index (χ2v) is 5.98. The summed E-state index contributed by atoms with van der Waals surface area (Å²) in [6.07, 6.45) is -1.01. The SMILES string of the molecule is C[C@H](Oc1ccccc1F)C(=O)NNC(=O)c1cc2cc(Cl)ccc2[nH]1. The third kappa shape index (κ3) is 3.94. The van der Waals surface area contributed by atoms with E-state index in [0.717, 1.165) is 10.9 Å². The van der Waals surface area contributed by atoms with E-state index in [2.05, 4.69) is 15.8 Å². The van der Waals surface area contributed by atoms with Gasteiger partial charge in [0.25, 0.3) is 11.8 Å². The summed E-state index contributed by atoms with van der Waals surface area (Å²) in [6, 6.07) is 12.5. The van der Waals surface area contributed by atoms with Crippen molar-refractivity contribution in [3.63, 3.8) is 0 Å². The summed E-state index contributed by atoms with van der Waals surface area (Å²) in [7, 11) is 0. The van der Waals surface area contributed by atoms with Gasteiger partial charge < -0.3 is 9.72 Å². The molecule has 6 nitrogen and oxygen atoms in total. The first-order chi connectivity index (χ1) is 12.4. The highest BCUT2D eigenvalue weighted by molar-refractivity contribution is 6.31. The molecule has 0 spiro atoms. The van der Waals surface area contributed by atoms with Crippen LogP contribution in [0.1, 0.15) is 17.4 Å². The molecule has 26 heavy (non-hydrogen) atoms. The van der Waals surface area contributed by atoms with Gasteiger partial charge in [-0.05, 0) is 43.3 Å². The molecule has 3 aromatic rings. The minimum absolute atomic E-state index is 0.0472. The molecule has 134 valence electrons. The molecule has 0 aliphatic rings. The van der Waals surface area contributed by atoms with E-state index in [1.54, 1.807) is 30.3 Å². The van der Waals surface area contributed by atoms with Crippen LogP contribution in [-0.4, -0.2) is 22.9 Å². The topological polar surface area (TPSA) is 83.2 Å². The van der Waals surface area contributed by atoms with Crippen molar-refractivity contribution in [1.82, 2.24) is 15.8 Å². The van der Waals surface area contributed by atoms with E-state index in [1.807, 2.05) is 0 Å². The maximum atomic E-state index is 13.5. The molecule has 2 amide bonds. The number of ether oxygens (including phenoxy) is 1. The average molecular weight is 376 g/mol. The molecule has 0 radical (unpaired) electrons. The van der Waals surface area contributed by atoms with Crippen molar-refractivity contribution in [3.05, 3.63) is 65.1 Å². The summed E-state index contributed by atoms with van der Waals surface area (Å²) in [5.74, 6) is -1.79. The van der Waals surface area contributed by atoms with Gasteiger partial charge in [-0.2, -0.15) is 0 Å². The molecule has 1 atom stereocenters. The van der Waals surface area contributed by atoms with Gasteiger partial charge in [-0.3, -0.25) is 20.4 Å². The lowest BCUT2D eigenvalue weighted by Gasteiger charge is -2.15. The fourth-order valence-electron chi connectivity index (χ4n) is 2.30. The summed E-state index contributed by atoms with van der Waals surface area (Å²) in [5.41, 5.74) is 5.52. The number of amides is 2. The highest BCUT2D eigenvalue weighted by atomic mass is 35.5. The van der Waals surface area contributed by atoms with E-state index in [-0.39, 0.29) is 11.4 Å². The van der Waals surface area contributed by atoms with E-state index in [0.29, 0.717) is 5.02 Å². The Bertz CT molecular complexity index is 973. The molecule has 1 aromatic heterocycles. The lowest BCUT2D eigenvalue weighted by Crippen LogP contribution is -2.47. The van der Waals surface area contributed by atoms with Crippen LogP contribution < -0.4 is 15.6 Å². The van der Waals surface area contributed by atoms with Crippen LogP contribution in [0.25, 0.3) is 10.9 Å². The summed E-state index contributed by atoms with van der Waals surface area (Å²) in [6.45, 7) is 1.44. The first kappa shape index (κ1) is 17.8. The third-order valence-corrected chi connectivity index (χ3v) is 3.87. The van der Waals surface area contributed by atoms with Crippen LogP contribution in [0.3, 0.4) is 0 Å². The molecule has 1 heterocycles. The largest absolute Gasteiger partial charge is 0.478 e. The Hall–Kier alpha value is -3.06. The molecule has 0 saturated carbocycles. The Morgan fingerprint density at radius 1 is 1.15 bits per heavy atom. The number of hydrazine groups is 1. The lowest BCUT2D eigenvalue weighted by molar-refractivity contribution is -0.128. The van der Waals surface area contributed by atoms with Crippen LogP contribution in [0.15, 0.2) is 48.5 Å². The van der Waals surface area contributed by atoms with E-state index in [9.17, 15) is 14.0 Å². The van der Waals surface area contributed by atoms with Gasteiger partial charge in [0.15, 0.2) is 17.7 Å². The molecule has 0 fully saturated rings. The number of aromatic amines is 1. The first-order valence-electron chi connectivity index (χ1n) is 7.73. The van der Waals surface area contributed by atoms with Crippen molar-refractivity contribution in [3.8, 4) is 5.75 Å². The zero-order valence-corrected chi connectivity index (χ0v) is 14.4. The maximum absolute atomic E-state index is 13.5. The number of carbonyl (C=O) groups is 2. The Kier molecular flexibility index (Phi) is 5.09. The number of aromatic nitrogens is 1. The van der Waals surface area contributed by atoms with E-state index in [1.165, 1.54) is 25.1 Å². The molecular formula is C18H15ClFN3O3. The molecule has 0 saturated heterocycles. The summed E-state index contributed by atoms with van der Waals surface area (Å²) < 4.78 is 18.8. The molecule has 0 bridgehead atoms. The predicted molar refractivity (Wildman–Crippen MR) is 95.4 cm³/mol. The number of H-pyrrole nitrogens is 1. The number of halogens is 2. The van der Waals surface area contributed by atoms with Crippen LogP contribution in [0, 0.1) is 5.82 Å². The average Bonchev–Trinajstić information content (AvgIpc) is 3.04. The molecular weight excluding hydrogens is 361 g/mol. The number of benzene rings is 2. The van der Waals surface area contributed by atoms with Crippen molar-refractivity contribution >= 4 is 34.3 Å². The minimum atomic E-state index is -1.01. The van der Waals surface area contributed by atoms with Crippen molar-refractivity contribution < 1.29 is 18.7 Å². The molecule has 0 aliphatic carbocycles. The molecule has 0 aliphatic heterocycles. The first-order valence-corrected chi connectivity index (χ1v) is 8.11. The van der Waals surface area contributed by atoms with Crippen LogP contribution in [-0.2, 0) is 4.79 Å². The van der Waals surface area contributed by atoms with Gasteiger partial charge in [-0.1, -0.05) is 23.7 Å². The summed E-state index contributed by atoms with van der Waals surface area (Å²) in [5, 5.41) is 1.32. The third-order valence-electron chi connectivity index (χ3n) is 3.64. The van der Waals surface area contributed by atoms with Crippen LogP contribution in [0.5, 0.6) is 5.75 Å². The van der Waals surface area contributed by atoms with Crippen molar-refractivity contribution in [2.75, 3.05) is 0 Å². The fraction of sp³-hybridized carbons (Fsp3) is 0.111. The normalized spacial score (nSPS) is 11.8. The molecule has 3 N–H and O–H groups in total. The van der Waals surface area contributed by atoms with Gasteiger partial charge in [0, 0.05) is 15.9 Å². The number of carbonyl (C=O) groups excluding carboxylic acids is 2. The number of fused-ring (bicyclic) bond motifs is 1. The summed E-state index contributed by atoms with van der Waals surface area (Å²) in [4.78, 5) is 27.1. The highest BCUT2D eigenvalue weighted by Gasteiger charge is 2.18. The van der Waals surface area contributed by atoms with E-state index in [4.69, 9.17) is 16.3 Å². The van der Waals surface area contributed by atoms with Gasteiger partial charge in [0.2, 0.25) is 0 Å². The minimum Gasteiger partial charge on any atom is -0.478 e. The van der Waals surface area contributed by atoms with Gasteiger partial charge in [0.1, 0.15) is 5.69 Å². The fourth-order valence-corrected chi connectivity index (χ4v) is 2.48. The Balaban J connectivity index is 1.59. The van der Waals surface area contributed by atoms with E-state index >= 15 is 0 Å². The Labute approximate surface area is 153 Å². The van der Waals surface area contributed by atoms with Gasteiger partial charge in [-0.25, -0.2) is 4.39 Å². The van der Waals surface area contributed by atoms with Crippen molar-refractivity contribution in [1.29, 1.82) is 0 Å². The number of rotatable bonds is 4. The monoisotopic (exact) mass is 375 g/mol. The Morgan fingerprint density at radius 2 is 1.92 bits per heavy atom. The quantitative estimate of drug-likeness (QED) is 0.612. The van der Waals surface area contributed by atoms with Crippen LogP contribution in [0.4, 0.5) is 4.39 Å². The standard InChI is InChI=1S/C18H15ClFN3O3/c1-10(26-16-5-3-2-4-13(16)20)17(24)22-23-18(25)15-9-11-8-12(19)6-7-14(11)21-15/h2-10,21H,1H3,(H,22,24)(H,23,25)/t10-/m0/s1.